The van der Waals surface area contributed by atoms with Crippen molar-refractivity contribution < 1.29 is 0 Å². The predicted octanol–water partition coefficient (Wildman–Crippen LogP) is 24.4. The van der Waals surface area contributed by atoms with Crippen LogP contribution in [0.15, 0.2) is 303 Å². The second-order valence-corrected chi connectivity index (χ2v) is 23.0. The number of para-hydroxylation sites is 2. The topological polar surface area (TPSA) is 13.0 Å². The largest absolute Gasteiger partial charge is 0.311 e. The van der Waals surface area contributed by atoms with Gasteiger partial charge in [-0.05, 0) is 227 Å². The highest BCUT2D eigenvalue weighted by atomic mass is 15.2. The van der Waals surface area contributed by atoms with E-state index in [1.54, 1.807) is 0 Å². The van der Waals surface area contributed by atoms with E-state index in [0.717, 1.165) is 131 Å². The summed E-state index contributed by atoms with van der Waals surface area (Å²) in [5.41, 5.74) is 25.9. The summed E-state index contributed by atoms with van der Waals surface area (Å²) in [7, 11) is 0. The van der Waals surface area contributed by atoms with Gasteiger partial charge in [0.25, 0.3) is 0 Å². The highest BCUT2D eigenvalue weighted by Gasteiger charge is 2.19. The maximum Gasteiger partial charge on any atom is 0.0462 e. The molecular weight excluding hydrogens is 1060 g/mol. The summed E-state index contributed by atoms with van der Waals surface area (Å²) in [5, 5.41) is 0. The quantitative estimate of drug-likeness (QED) is 0.0633. The molecule has 0 radical (unpaired) electrons. The molecule has 4 heteroatoms. The summed E-state index contributed by atoms with van der Waals surface area (Å²) < 4.78 is 0. The van der Waals surface area contributed by atoms with Crippen LogP contribution >= 0.6 is 0 Å². The average Bonchev–Trinajstić information content (AvgIpc) is 2.60. The molecule has 88 heavy (non-hydrogen) atoms. The Balaban J connectivity index is 0.762. The van der Waals surface area contributed by atoms with Crippen molar-refractivity contribution >= 4 is 68.2 Å². The number of hydrogen-bond acceptors (Lipinski definition) is 4. The lowest BCUT2D eigenvalue weighted by molar-refractivity contribution is 0.921. The predicted molar refractivity (Wildman–Crippen MR) is 377 cm³/mol. The van der Waals surface area contributed by atoms with Gasteiger partial charge in [0.2, 0.25) is 0 Å². The number of hydrogen-bond donors (Lipinski definition) is 0. The first kappa shape index (κ1) is 58.2. The maximum atomic E-state index is 2.37. The lowest BCUT2D eigenvalue weighted by atomic mass is 10.0. The van der Waals surface area contributed by atoms with Crippen molar-refractivity contribution in [3.8, 4) is 33.4 Å². The van der Waals surface area contributed by atoms with Crippen LogP contribution in [0.1, 0.15) is 75.6 Å². The van der Waals surface area contributed by atoms with E-state index in [1.165, 1.54) is 44.5 Å². The zero-order valence-electron chi connectivity index (χ0n) is 51.3. The molecule has 0 aromatic heterocycles. The third-order valence-corrected chi connectivity index (χ3v) is 16.7. The Labute approximate surface area is 522 Å². The van der Waals surface area contributed by atoms with Gasteiger partial charge in [-0.1, -0.05) is 211 Å². The first-order valence-electron chi connectivity index (χ1n) is 31.7. The van der Waals surface area contributed by atoms with E-state index in [2.05, 4.69) is 351 Å². The summed E-state index contributed by atoms with van der Waals surface area (Å²) in [6.45, 7) is 8.95. The van der Waals surface area contributed by atoms with Crippen molar-refractivity contribution in [2.24, 2.45) is 0 Å². The SMILES string of the molecule is CCCc1ccc(N(c2ccc(CCC)cc2)c2ccc(-c3ccc(N(c4ccccc4)c4ccc(-c5ccc(N(c6ccccc6)c6ccc(-c7ccc(N(c8ccc(CCC)cc8)c8ccc(CCC)cc8)cc7)cc6)cc5)cc4)cc3)cc2)cc1. The molecule has 0 aliphatic heterocycles. The molecule has 12 aromatic carbocycles. The highest BCUT2D eigenvalue weighted by molar-refractivity contribution is 5.85. The maximum absolute atomic E-state index is 2.37. The van der Waals surface area contributed by atoms with Crippen LogP contribution in [0.4, 0.5) is 68.2 Å². The van der Waals surface area contributed by atoms with Crippen LogP contribution in [0.3, 0.4) is 0 Å². The van der Waals surface area contributed by atoms with E-state index in [0.29, 0.717) is 0 Å². The van der Waals surface area contributed by atoms with Gasteiger partial charge in [0, 0.05) is 68.2 Å². The Morgan fingerprint density at radius 1 is 0.159 bits per heavy atom. The summed E-state index contributed by atoms with van der Waals surface area (Å²) >= 11 is 0. The zero-order valence-corrected chi connectivity index (χ0v) is 51.3. The fourth-order valence-corrected chi connectivity index (χ4v) is 12.2. The third kappa shape index (κ3) is 13.4. The van der Waals surface area contributed by atoms with Crippen molar-refractivity contribution in [2.45, 2.75) is 79.1 Å². The first-order valence-corrected chi connectivity index (χ1v) is 31.7. The standard InChI is InChI=1S/C84H78N4/c1-5-15-63-23-43-75(44-24-63)87(76-45-25-64(16-6-2)26-46-76)83-59-39-71(40-60-83)69-35-55-81(56-36-69)85(73-19-11-9-12-20-73)79-51-31-67(32-52-79)68-33-53-80(54-34-68)86(74-21-13-10-14-22-74)82-57-37-70(38-58-82)72-41-61-84(62-42-72)88(77-47-27-65(17-7-3)28-48-77)78-49-29-66(18-8-4)30-50-78/h9-14,19-62H,5-8,15-18H2,1-4H3. The van der Waals surface area contributed by atoms with Crippen LogP contribution in [0.2, 0.25) is 0 Å². The molecule has 12 rings (SSSR count). The van der Waals surface area contributed by atoms with Gasteiger partial charge < -0.3 is 19.6 Å². The molecule has 0 amide bonds. The smallest absolute Gasteiger partial charge is 0.0462 e. The molecular formula is C84H78N4. The Morgan fingerprint density at radius 3 is 0.443 bits per heavy atom. The number of nitrogens with zero attached hydrogens (tertiary/aromatic N) is 4. The molecule has 0 unspecified atom stereocenters. The molecule has 434 valence electrons. The third-order valence-electron chi connectivity index (χ3n) is 16.7. The Bertz CT molecular complexity index is 3720. The second kappa shape index (κ2) is 27.9. The van der Waals surface area contributed by atoms with Gasteiger partial charge in [-0.3, -0.25) is 0 Å². The number of rotatable bonds is 23. The first-order chi connectivity index (χ1) is 43.4. The Hall–Kier alpha value is -10.2. The van der Waals surface area contributed by atoms with Crippen LogP contribution < -0.4 is 19.6 Å². The van der Waals surface area contributed by atoms with Crippen molar-refractivity contribution in [2.75, 3.05) is 19.6 Å². The van der Waals surface area contributed by atoms with Crippen molar-refractivity contribution in [3.63, 3.8) is 0 Å². The van der Waals surface area contributed by atoms with Crippen molar-refractivity contribution in [1.82, 2.24) is 0 Å². The van der Waals surface area contributed by atoms with Crippen LogP contribution in [0.5, 0.6) is 0 Å². The molecule has 0 saturated carbocycles. The average molecular weight is 1140 g/mol. The molecule has 0 aliphatic rings. The molecule has 0 spiro atoms. The van der Waals surface area contributed by atoms with Gasteiger partial charge in [0.15, 0.2) is 0 Å². The summed E-state index contributed by atoms with van der Waals surface area (Å²) in [6.07, 6.45) is 8.89. The van der Waals surface area contributed by atoms with E-state index < -0.39 is 0 Å². The van der Waals surface area contributed by atoms with E-state index >= 15 is 0 Å². The van der Waals surface area contributed by atoms with E-state index in [4.69, 9.17) is 0 Å². The summed E-state index contributed by atoms with van der Waals surface area (Å²) in [6, 6.07) is 111. The number of aryl methyl sites for hydroxylation is 4. The van der Waals surface area contributed by atoms with Crippen LogP contribution in [0, 0.1) is 0 Å². The highest BCUT2D eigenvalue weighted by Crippen LogP contribution is 2.42. The normalized spacial score (nSPS) is 11.1. The fourth-order valence-electron chi connectivity index (χ4n) is 12.2. The van der Waals surface area contributed by atoms with E-state index in [9.17, 15) is 0 Å². The summed E-state index contributed by atoms with van der Waals surface area (Å²) in [4.78, 5) is 9.41. The lowest BCUT2D eigenvalue weighted by Crippen LogP contribution is -2.10. The molecule has 0 bridgehead atoms. The van der Waals surface area contributed by atoms with Crippen molar-refractivity contribution in [3.05, 3.63) is 326 Å². The van der Waals surface area contributed by atoms with Gasteiger partial charge >= 0.3 is 0 Å². The molecule has 4 nitrogen and oxygen atoms in total. The van der Waals surface area contributed by atoms with Crippen LogP contribution in [0.25, 0.3) is 33.4 Å². The fraction of sp³-hybridized carbons (Fsp3) is 0.143. The number of benzene rings is 12. The molecule has 0 fully saturated rings. The van der Waals surface area contributed by atoms with Gasteiger partial charge in [0.05, 0.1) is 0 Å². The second-order valence-electron chi connectivity index (χ2n) is 23.0. The monoisotopic (exact) mass is 1140 g/mol. The molecule has 0 aliphatic carbocycles. The number of anilines is 12. The zero-order chi connectivity index (χ0) is 60.0. The van der Waals surface area contributed by atoms with Gasteiger partial charge in [0.1, 0.15) is 0 Å². The Morgan fingerprint density at radius 2 is 0.295 bits per heavy atom. The summed E-state index contributed by atoms with van der Waals surface area (Å²) in [5.74, 6) is 0. The Kier molecular flexibility index (Phi) is 18.5. The minimum absolute atomic E-state index is 1.09. The van der Waals surface area contributed by atoms with Crippen LogP contribution in [-0.2, 0) is 25.7 Å². The van der Waals surface area contributed by atoms with E-state index in [-0.39, 0.29) is 0 Å². The molecule has 0 saturated heterocycles. The molecule has 0 atom stereocenters. The van der Waals surface area contributed by atoms with Gasteiger partial charge in [-0.15, -0.1) is 0 Å². The van der Waals surface area contributed by atoms with Gasteiger partial charge in [-0.2, -0.15) is 0 Å². The minimum Gasteiger partial charge on any atom is -0.311 e. The van der Waals surface area contributed by atoms with Crippen LogP contribution in [-0.4, -0.2) is 0 Å². The molecule has 0 N–H and O–H groups in total. The molecule has 12 aromatic rings. The minimum atomic E-state index is 1.09. The van der Waals surface area contributed by atoms with E-state index in [1.807, 2.05) is 0 Å². The van der Waals surface area contributed by atoms with Gasteiger partial charge in [-0.25, -0.2) is 0 Å². The molecule has 0 heterocycles. The van der Waals surface area contributed by atoms with Crippen molar-refractivity contribution in [1.29, 1.82) is 0 Å². The lowest BCUT2D eigenvalue weighted by Gasteiger charge is -2.27.